The molecule has 1 spiro atoms. The standard InChI is InChI=1S/C17H23N5.ClH/c1-21-10-15(16(20-21)14-3-2-6-18-9-14)11-22-8-5-17(13-22)4-7-19-12-17;/h2-3,6,9-10,19H,4-5,7-8,11-13H2,1H3;1H. The molecule has 23 heavy (non-hydrogen) atoms. The van der Waals surface area contributed by atoms with Crippen molar-refractivity contribution >= 4 is 12.4 Å². The molecule has 2 fully saturated rings. The average Bonchev–Trinajstić information content (AvgIpc) is 3.24. The molecule has 0 bridgehead atoms. The van der Waals surface area contributed by atoms with Crippen LogP contribution in [0.3, 0.4) is 0 Å². The molecule has 0 amide bonds. The monoisotopic (exact) mass is 333 g/mol. The van der Waals surface area contributed by atoms with Gasteiger partial charge in [-0.25, -0.2) is 0 Å². The Morgan fingerprint density at radius 2 is 2.26 bits per heavy atom. The van der Waals surface area contributed by atoms with Crippen LogP contribution >= 0.6 is 12.4 Å². The zero-order valence-corrected chi connectivity index (χ0v) is 14.4. The fraction of sp³-hybridized carbons (Fsp3) is 0.529. The lowest BCUT2D eigenvalue weighted by Gasteiger charge is -2.22. The van der Waals surface area contributed by atoms with Crippen LogP contribution in [0.25, 0.3) is 11.3 Å². The molecule has 1 N–H and O–H groups in total. The third kappa shape index (κ3) is 3.27. The van der Waals surface area contributed by atoms with Crippen LogP contribution in [-0.4, -0.2) is 45.8 Å². The Balaban J connectivity index is 0.00000156. The second-order valence-corrected chi connectivity index (χ2v) is 6.81. The highest BCUT2D eigenvalue weighted by atomic mass is 35.5. The van der Waals surface area contributed by atoms with Crippen molar-refractivity contribution in [3.8, 4) is 11.3 Å². The Kier molecular flexibility index (Phi) is 4.71. The van der Waals surface area contributed by atoms with Crippen molar-refractivity contribution in [1.82, 2.24) is 25.0 Å². The first-order valence-corrected chi connectivity index (χ1v) is 8.10. The lowest BCUT2D eigenvalue weighted by Crippen LogP contribution is -2.29. The highest BCUT2D eigenvalue weighted by Gasteiger charge is 2.40. The summed E-state index contributed by atoms with van der Waals surface area (Å²) in [5.41, 5.74) is 4.01. The average molecular weight is 334 g/mol. The quantitative estimate of drug-likeness (QED) is 0.934. The zero-order valence-electron chi connectivity index (χ0n) is 13.5. The molecule has 0 aromatic carbocycles. The fourth-order valence-electron chi connectivity index (χ4n) is 3.95. The van der Waals surface area contributed by atoms with E-state index in [1.165, 1.54) is 44.6 Å². The van der Waals surface area contributed by atoms with Crippen LogP contribution in [0.2, 0.25) is 0 Å². The van der Waals surface area contributed by atoms with Crippen LogP contribution in [0.4, 0.5) is 0 Å². The number of aromatic nitrogens is 3. The third-order valence-corrected chi connectivity index (χ3v) is 5.08. The lowest BCUT2D eigenvalue weighted by molar-refractivity contribution is 0.269. The van der Waals surface area contributed by atoms with Gasteiger partial charge in [0.25, 0.3) is 0 Å². The van der Waals surface area contributed by atoms with Gasteiger partial charge in [-0.15, -0.1) is 12.4 Å². The van der Waals surface area contributed by atoms with Crippen molar-refractivity contribution in [3.05, 3.63) is 36.3 Å². The van der Waals surface area contributed by atoms with E-state index in [0.29, 0.717) is 5.41 Å². The predicted molar refractivity (Wildman–Crippen MR) is 93.5 cm³/mol. The summed E-state index contributed by atoms with van der Waals surface area (Å²) in [6.45, 7) is 5.76. The Morgan fingerprint density at radius 3 is 3.00 bits per heavy atom. The minimum absolute atomic E-state index is 0. The maximum absolute atomic E-state index is 4.65. The molecule has 2 saturated heterocycles. The molecule has 124 valence electrons. The van der Waals surface area contributed by atoms with Crippen LogP contribution in [-0.2, 0) is 13.6 Å². The van der Waals surface area contributed by atoms with E-state index in [9.17, 15) is 0 Å². The van der Waals surface area contributed by atoms with E-state index in [-0.39, 0.29) is 12.4 Å². The first-order chi connectivity index (χ1) is 10.7. The molecule has 2 aromatic heterocycles. The molecule has 4 heterocycles. The first kappa shape index (κ1) is 16.4. The first-order valence-electron chi connectivity index (χ1n) is 8.10. The van der Waals surface area contributed by atoms with Crippen LogP contribution in [0.5, 0.6) is 0 Å². The summed E-state index contributed by atoms with van der Waals surface area (Å²) in [6, 6.07) is 4.06. The lowest BCUT2D eigenvalue weighted by atomic mass is 9.86. The van der Waals surface area contributed by atoms with Crippen LogP contribution in [0.1, 0.15) is 18.4 Å². The van der Waals surface area contributed by atoms with Gasteiger partial charge in [-0.2, -0.15) is 5.10 Å². The predicted octanol–water partition coefficient (Wildman–Crippen LogP) is 2.09. The van der Waals surface area contributed by atoms with Gasteiger partial charge in [0.2, 0.25) is 0 Å². The summed E-state index contributed by atoms with van der Waals surface area (Å²) in [7, 11) is 2.00. The second-order valence-electron chi connectivity index (χ2n) is 6.81. The summed E-state index contributed by atoms with van der Waals surface area (Å²) in [5, 5.41) is 8.18. The summed E-state index contributed by atoms with van der Waals surface area (Å²) < 4.78 is 1.92. The number of aryl methyl sites for hydroxylation is 1. The largest absolute Gasteiger partial charge is 0.316 e. The van der Waals surface area contributed by atoms with Gasteiger partial charge < -0.3 is 5.32 Å². The molecule has 2 aliphatic rings. The highest BCUT2D eigenvalue weighted by molar-refractivity contribution is 5.85. The summed E-state index contributed by atoms with van der Waals surface area (Å²) in [5.74, 6) is 0. The summed E-state index contributed by atoms with van der Waals surface area (Å²) in [4.78, 5) is 6.82. The van der Waals surface area contributed by atoms with Crippen LogP contribution in [0.15, 0.2) is 30.7 Å². The van der Waals surface area contributed by atoms with Crippen molar-refractivity contribution in [2.45, 2.75) is 19.4 Å². The molecule has 0 saturated carbocycles. The molecule has 1 unspecified atom stereocenters. The van der Waals surface area contributed by atoms with Crippen molar-refractivity contribution in [3.63, 3.8) is 0 Å². The third-order valence-electron chi connectivity index (χ3n) is 5.08. The molecule has 4 rings (SSSR count). The number of rotatable bonds is 3. The van der Waals surface area contributed by atoms with Gasteiger partial charge >= 0.3 is 0 Å². The van der Waals surface area contributed by atoms with Crippen molar-refractivity contribution < 1.29 is 0 Å². The fourth-order valence-corrected chi connectivity index (χ4v) is 3.95. The normalized spacial score (nSPS) is 24.2. The minimum atomic E-state index is 0. The highest BCUT2D eigenvalue weighted by Crippen LogP contribution is 2.37. The summed E-state index contributed by atoms with van der Waals surface area (Å²) in [6.07, 6.45) is 8.51. The van der Waals surface area contributed by atoms with E-state index < -0.39 is 0 Å². The minimum Gasteiger partial charge on any atom is -0.316 e. The van der Waals surface area contributed by atoms with Gasteiger partial charge in [0.05, 0.1) is 5.69 Å². The topological polar surface area (TPSA) is 46.0 Å². The van der Waals surface area contributed by atoms with E-state index >= 15 is 0 Å². The number of hydrogen-bond acceptors (Lipinski definition) is 4. The van der Waals surface area contributed by atoms with Crippen LogP contribution in [0, 0.1) is 5.41 Å². The maximum Gasteiger partial charge on any atom is 0.0983 e. The number of halogens is 1. The van der Waals surface area contributed by atoms with Crippen molar-refractivity contribution in [2.75, 3.05) is 26.2 Å². The van der Waals surface area contributed by atoms with Crippen molar-refractivity contribution in [2.24, 2.45) is 12.5 Å². The smallest absolute Gasteiger partial charge is 0.0983 e. The zero-order chi connectivity index (χ0) is 15.0. The van der Waals surface area contributed by atoms with E-state index in [0.717, 1.165) is 17.8 Å². The van der Waals surface area contributed by atoms with Gasteiger partial charge in [0.15, 0.2) is 0 Å². The number of pyridine rings is 1. The van der Waals surface area contributed by atoms with E-state index in [4.69, 9.17) is 0 Å². The SMILES string of the molecule is Cl.Cn1cc(CN2CCC3(CCNC3)C2)c(-c2cccnc2)n1. The Bertz CT molecular complexity index is 648. The molecule has 2 aliphatic heterocycles. The molecule has 6 heteroatoms. The Morgan fingerprint density at radius 1 is 1.35 bits per heavy atom. The van der Waals surface area contributed by atoms with E-state index in [1.54, 1.807) is 0 Å². The van der Waals surface area contributed by atoms with Gasteiger partial charge in [0.1, 0.15) is 0 Å². The molecular formula is C17H24ClN5. The van der Waals surface area contributed by atoms with E-state index in [2.05, 4.69) is 32.6 Å². The molecular weight excluding hydrogens is 310 g/mol. The van der Waals surface area contributed by atoms with E-state index in [1.807, 2.05) is 30.2 Å². The molecule has 5 nitrogen and oxygen atoms in total. The number of nitrogens with zero attached hydrogens (tertiary/aromatic N) is 4. The molecule has 0 aliphatic carbocycles. The Hall–Kier alpha value is -1.43. The molecule has 2 aromatic rings. The van der Waals surface area contributed by atoms with Gasteiger partial charge in [-0.05, 0) is 43.5 Å². The van der Waals surface area contributed by atoms with Crippen molar-refractivity contribution in [1.29, 1.82) is 0 Å². The number of nitrogens with one attached hydrogen (secondary N) is 1. The van der Waals surface area contributed by atoms with Crippen LogP contribution < -0.4 is 5.32 Å². The number of hydrogen-bond donors (Lipinski definition) is 1. The Labute approximate surface area is 143 Å². The van der Waals surface area contributed by atoms with Gasteiger partial charge in [0, 0.05) is 56.4 Å². The maximum atomic E-state index is 4.65. The van der Waals surface area contributed by atoms with Gasteiger partial charge in [-0.3, -0.25) is 14.6 Å². The van der Waals surface area contributed by atoms with Gasteiger partial charge in [-0.1, -0.05) is 0 Å². The second kappa shape index (κ2) is 6.59. The number of likely N-dealkylation sites (tertiary alicyclic amines) is 1. The summed E-state index contributed by atoms with van der Waals surface area (Å²) >= 11 is 0. The molecule has 1 atom stereocenters. The molecule has 0 radical (unpaired) electrons.